The molecule has 5 rings (SSSR count). The predicted molar refractivity (Wildman–Crippen MR) is 98.7 cm³/mol. The van der Waals surface area contributed by atoms with Crippen molar-refractivity contribution in [3.05, 3.63) is 53.3 Å². The highest BCUT2D eigenvalue weighted by Gasteiger charge is 2.39. The van der Waals surface area contributed by atoms with Gasteiger partial charge in [0.1, 0.15) is 5.69 Å². The minimum Gasteiger partial charge on any atom is -0.333 e. The number of benzene rings is 1. The van der Waals surface area contributed by atoms with Gasteiger partial charge in [-0.1, -0.05) is 6.07 Å². The van der Waals surface area contributed by atoms with Crippen LogP contribution in [0, 0.1) is 18.3 Å². The number of aromatic nitrogens is 2. The summed E-state index contributed by atoms with van der Waals surface area (Å²) in [5.41, 5.74) is 5.97. The van der Waals surface area contributed by atoms with Gasteiger partial charge < -0.3 is 9.47 Å². The van der Waals surface area contributed by atoms with Crippen molar-refractivity contribution in [3.8, 4) is 17.2 Å². The molecule has 128 valence electrons. The maximum absolute atomic E-state index is 13.3. The summed E-state index contributed by atoms with van der Waals surface area (Å²) in [5.74, 6) is 0.0912. The normalized spacial score (nSPS) is 16.6. The van der Waals surface area contributed by atoms with Gasteiger partial charge in [-0.15, -0.1) is 0 Å². The quantitative estimate of drug-likeness (QED) is 0.716. The Labute approximate surface area is 151 Å². The van der Waals surface area contributed by atoms with Gasteiger partial charge in [-0.2, -0.15) is 5.26 Å². The van der Waals surface area contributed by atoms with Crippen LogP contribution < -0.4 is 0 Å². The monoisotopic (exact) mass is 342 g/mol. The first kappa shape index (κ1) is 15.2. The highest BCUT2D eigenvalue weighted by Crippen LogP contribution is 2.40. The molecule has 2 aliphatic rings. The first-order valence-electron chi connectivity index (χ1n) is 8.98. The van der Waals surface area contributed by atoms with Crippen LogP contribution in [0.3, 0.4) is 0 Å². The number of hydrogen-bond donors (Lipinski definition) is 0. The van der Waals surface area contributed by atoms with Crippen molar-refractivity contribution in [2.75, 3.05) is 6.54 Å². The first-order valence-corrected chi connectivity index (χ1v) is 8.98. The van der Waals surface area contributed by atoms with E-state index in [9.17, 15) is 10.1 Å². The molecule has 5 heteroatoms. The lowest BCUT2D eigenvalue weighted by atomic mass is 9.96. The number of rotatable bonds is 2. The van der Waals surface area contributed by atoms with Gasteiger partial charge in [0.2, 0.25) is 0 Å². The highest BCUT2D eigenvalue weighted by atomic mass is 16.2. The van der Waals surface area contributed by atoms with E-state index in [4.69, 9.17) is 0 Å². The number of nitriles is 1. The molecule has 26 heavy (non-hydrogen) atoms. The molecule has 1 aliphatic heterocycles. The molecule has 0 spiro atoms. The van der Waals surface area contributed by atoms with Crippen LogP contribution in [0.4, 0.5) is 0 Å². The Morgan fingerprint density at radius 3 is 2.85 bits per heavy atom. The predicted octanol–water partition coefficient (Wildman–Crippen LogP) is 3.50. The molecule has 0 N–H and O–H groups in total. The summed E-state index contributed by atoms with van der Waals surface area (Å²) in [6, 6.07) is 12.2. The minimum atomic E-state index is 0.0912. The molecular formula is C21H18N4O. The molecule has 2 aromatic heterocycles. The molecule has 1 saturated carbocycles. The van der Waals surface area contributed by atoms with Gasteiger partial charge in [0, 0.05) is 30.9 Å². The highest BCUT2D eigenvalue weighted by molar-refractivity contribution is 6.10. The molecule has 0 bridgehead atoms. The Hall–Kier alpha value is -3.13. The smallest absolute Gasteiger partial charge is 0.271 e. The number of nitrogens with zero attached hydrogens (tertiary/aromatic N) is 4. The molecule has 0 atom stereocenters. The van der Waals surface area contributed by atoms with E-state index in [0.29, 0.717) is 11.6 Å². The zero-order chi connectivity index (χ0) is 17.8. The molecule has 3 aromatic rings. The Morgan fingerprint density at radius 1 is 1.23 bits per heavy atom. The summed E-state index contributed by atoms with van der Waals surface area (Å²) in [6.45, 7) is 3.56. The number of carbonyl (C=O) groups excluding carboxylic acids is 1. The summed E-state index contributed by atoms with van der Waals surface area (Å²) in [7, 11) is 0. The van der Waals surface area contributed by atoms with E-state index >= 15 is 0 Å². The maximum atomic E-state index is 13.3. The molecular weight excluding hydrogens is 324 g/mol. The Morgan fingerprint density at radius 2 is 2.08 bits per heavy atom. The SMILES string of the molecule is Cc1ccc(C#N)cc1-c1c2n(c3cccnc13)CCN(C1CC1)C2=O. The van der Waals surface area contributed by atoms with Crippen molar-refractivity contribution in [2.45, 2.75) is 32.4 Å². The largest absolute Gasteiger partial charge is 0.333 e. The molecule has 1 aliphatic carbocycles. The topological polar surface area (TPSA) is 61.9 Å². The zero-order valence-electron chi connectivity index (χ0n) is 14.6. The second-order valence-corrected chi connectivity index (χ2v) is 7.12. The van der Waals surface area contributed by atoms with Crippen molar-refractivity contribution in [3.63, 3.8) is 0 Å². The minimum absolute atomic E-state index is 0.0912. The van der Waals surface area contributed by atoms with E-state index in [-0.39, 0.29) is 5.91 Å². The number of fused-ring (bicyclic) bond motifs is 3. The van der Waals surface area contributed by atoms with Crippen molar-refractivity contribution in [2.24, 2.45) is 0 Å². The van der Waals surface area contributed by atoms with E-state index in [1.807, 2.05) is 42.2 Å². The molecule has 0 saturated heterocycles. The van der Waals surface area contributed by atoms with Crippen LogP contribution in [0.5, 0.6) is 0 Å². The Bertz CT molecular complexity index is 1100. The fourth-order valence-corrected chi connectivity index (χ4v) is 4.03. The summed E-state index contributed by atoms with van der Waals surface area (Å²) in [5, 5.41) is 9.33. The van der Waals surface area contributed by atoms with Crippen LogP contribution in [0.1, 0.15) is 34.5 Å². The third-order valence-electron chi connectivity index (χ3n) is 5.47. The number of pyridine rings is 1. The number of carbonyl (C=O) groups is 1. The summed E-state index contributed by atoms with van der Waals surface area (Å²) in [6.07, 6.45) is 3.97. The second kappa shape index (κ2) is 5.43. The van der Waals surface area contributed by atoms with Gasteiger partial charge in [0.05, 0.1) is 22.7 Å². The number of amides is 1. The Balaban J connectivity index is 1.83. The van der Waals surface area contributed by atoms with Crippen LogP contribution >= 0.6 is 0 Å². The average Bonchev–Trinajstić information content (AvgIpc) is 3.45. The third kappa shape index (κ3) is 2.08. The molecule has 0 radical (unpaired) electrons. The molecule has 1 aromatic carbocycles. The summed E-state index contributed by atoms with van der Waals surface area (Å²) in [4.78, 5) is 20.0. The zero-order valence-corrected chi connectivity index (χ0v) is 14.6. The van der Waals surface area contributed by atoms with Crippen molar-refractivity contribution < 1.29 is 4.79 Å². The standard InChI is InChI=1S/C21H18N4O/c1-13-4-5-14(12-22)11-16(13)18-19-17(3-2-8-23-19)25-10-9-24(15-6-7-15)21(26)20(18)25/h2-5,8,11,15H,6-7,9-10H2,1H3. The van der Waals surface area contributed by atoms with E-state index in [1.165, 1.54) is 0 Å². The van der Waals surface area contributed by atoms with Gasteiger partial charge in [-0.25, -0.2) is 0 Å². The van der Waals surface area contributed by atoms with Gasteiger partial charge in [0.15, 0.2) is 0 Å². The van der Waals surface area contributed by atoms with Crippen LogP contribution in [0.15, 0.2) is 36.5 Å². The molecule has 0 unspecified atom stereocenters. The molecule has 1 amide bonds. The number of hydrogen-bond acceptors (Lipinski definition) is 3. The van der Waals surface area contributed by atoms with Crippen molar-refractivity contribution >= 4 is 16.9 Å². The van der Waals surface area contributed by atoms with Gasteiger partial charge in [-0.3, -0.25) is 9.78 Å². The van der Waals surface area contributed by atoms with Gasteiger partial charge in [0.25, 0.3) is 5.91 Å². The van der Waals surface area contributed by atoms with E-state index in [0.717, 1.165) is 59.3 Å². The lowest BCUT2D eigenvalue weighted by molar-refractivity contribution is 0.0694. The molecule has 3 heterocycles. The second-order valence-electron chi connectivity index (χ2n) is 7.12. The first-order chi connectivity index (χ1) is 12.7. The maximum Gasteiger partial charge on any atom is 0.271 e. The lowest BCUT2D eigenvalue weighted by Gasteiger charge is -2.29. The van der Waals surface area contributed by atoms with Crippen LogP contribution in [0.25, 0.3) is 22.2 Å². The van der Waals surface area contributed by atoms with E-state index < -0.39 is 0 Å². The fourth-order valence-electron chi connectivity index (χ4n) is 4.03. The number of aryl methyl sites for hydroxylation is 1. The van der Waals surface area contributed by atoms with E-state index in [2.05, 4.69) is 15.6 Å². The van der Waals surface area contributed by atoms with Gasteiger partial charge in [-0.05, 0) is 55.2 Å². The van der Waals surface area contributed by atoms with Crippen LogP contribution in [0.2, 0.25) is 0 Å². The van der Waals surface area contributed by atoms with Gasteiger partial charge >= 0.3 is 0 Å². The van der Waals surface area contributed by atoms with Crippen LogP contribution in [-0.4, -0.2) is 32.9 Å². The molecule has 5 nitrogen and oxygen atoms in total. The fraction of sp³-hybridized carbons (Fsp3) is 0.286. The lowest BCUT2D eigenvalue weighted by Crippen LogP contribution is -2.41. The van der Waals surface area contributed by atoms with Crippen molar-refractivity contribution in [1.29, 1.82) is 5.26 Å². The third-order valence-corrected chi connectivity index (χ3v) is 5.47. The van der Waals surface area contributed by atoms with Crippen molar-refractivity contribution in [1.82, 2.24) is 14.5 Å². The van der Waals surface area contributed by atoms with E-state index in [1.54, 1.807) is 6.20 Å². The average molecular weight is 342 g/mol. The molecule has 1 fully saturated rings. The Kier molecular flexibility index (Phi) is 3.17. The summed E-state index contributed by atoms with van der Waals surface area (Å²) < 4.78 is 2.11. The van der Waals surface area contributed by atoms with Crippen LogP contribution in [-0.2, 0) is 6.54 Å². The summed E-state index contributed by atoms with van der Waals surface area (Å²) >= 11 is 0.